The number of anilines is 1. The van der Waals surface area contributed by atoms with Crippen LogP contribution in [0.3, 0.4) is 0 Å². The van der Waals surface area contributed by atoms with E-state index in [-0.39, 0.29) is 5.84 Å². The highest BCUT2D eigenvalue weighted by molar-refractivity contribution is 7.09. The van der Waals surface area contributed by atoms with E-state index >= 15 is 0 Å². The Labute approximate surface area is 118 Å². The van der Waals surface area contributed by atoms with Gasteiger partial charge in [-0.1, -0.05) is 25.9 Å². The molecule has 1 aromatic rings. The summed E-state index contributed by atoms with van der Waals surface area (Å²) in [6, 6.07) is 0. The number of hydrogen-bond donors (Lipinski definition) is 2. The van der Waals surface area contributed by atoms with Crippen LogP contribution in [0.4, 0.5) is 5.13 Å². The van der Waals surface area contributed by atoms with Gasteiger partial charge in [-0.05, 0) is 12.3 Å². The normalized spacial score (nSPS) is 12.1. The van der Waals surface area contributed by atoms with Crippen molar-refractivity contribution >= 4 is 22.5 Å². The van der Waals surface area contributed by atoms with Crippen LogP contribution in [0.1, 0.15) is 39.4 Å². The molecule has 0 atom stereocenters. The van der Waals surface area contributed by atoms with Crippen molar-refractivity contribution in [2.24, 2.45) is 16.8 Å². The van der Waals surface area contributed by atoms with Gasteiger partial charge in [-0.25, -0.2) is 4.98 Å². The van der Waals surface area contributed by atoms with Gasteiger partial charge in [-0.3, -0.25) is 0 Å². The van der Waals surface area contributed by atoms with Crippen LogP contribution in [0.25, 0.3) is 0 Å². The van der Waals surface area contributed by atoms with Crippen LogP contribution in [-0.2, 0) is 6.42 Å². The number of nitrogens with zero attached hydrogens (tertiary/aromatic N) is 4. The summed E-state index contributed by atoms with van der Waals surface area (Å²) in [5, 5.41) is 12.5. The number of aromatic nitrogens is 2. The van der Waals surface area contributed by atoms with Crippen molar-refractivity contribution in [2.75, 3.05) is 18.0 Å². The van der Waals surface area contributed by atoms with Crippen molar-refractivity contribution in [3.05, 3.63) is 5.82 Å². The molecule has 0 saturated heterocycles. The van der Waals surface area contributed by atoms with E-state index in [1.165, 1.54) is 11.5 Å². The Morgan fingerprint density at radius 3 is 2.84 bits per heavy atom. The molecule has 7 heteroatoms. The maximum atomic E-state index is 8.59. The Balaban J connectivity index is 2.71. The van der Waals surface area contributed by atoms with Crippen molar-refractivity contribution in [2.45, 2.75) is 40.0 Å². The van der Waals surface area contributed by atoms with E-state index in [2.05, 4.69) is 40.2 Å². The van der Waals surface area contributed by atoms with Crippen LogP contribution in [0.2, 0.25) is 0 Å². The molecular formula is C12H23N5OS. The van der Waals surface area contributed by atoms with E-state index in [4.69, 9.17) is 10.9 Å². The first-order valence-electron chi connectivity index (χ1n) is 6.60. The molecule has 0 saturated carbocycles. The van der Waals surface area contributed by atoms with E-state index in [1.807, 2.05) is 0 Å². The average Bonchev–Trinajstić information content (AvgIpc) is 2.82. The van der Waals surface area contributed by atoms with Gasteiger partial charge in [0.2, 0.25) is 5.13 Å². The van der Waals surface area contributed by atoms with Gasteiger partial charge in [0.05, 0.1) is 0 Å². The highest BCUT2D eigenvalue weighted by atomic mass is 32.1. The predicted molar refractivity (Wildman–Crippen MR) is 79.0 cm³/mol. The van der Waals surface area contributed by atoms with E-state index in [1.54, 1.807) is 0 Å². The Kier molecular flexibility index (Phi) is 6.55. The van der Waals surface area contributed by atoms with Crippen LogP contribution in [0, 0.1) is 5.92 Å². The first-order chi connectivity index (χ1) is 9.06. The van der Waals surface area contributed by atoms with Gasteiger partial charge in [0.15, 0.2) is 0 Å². The van der Waals surface area contributed by atoms with Crippen LogP contribution < -0.4 is 10.6 Å². The molecule has 108 valence electrons. The largest absolute Gasteiger partial charge is 0.409 e. The summed E-state index contributed by atoms with van der Waals surface area (Å²) in [4.78, 5) is 6.70. The molecule has 0 fully saturated rings. The molecule has 6 nitrogen and oxygen atoms in total. The number of amidine groups is 1. The molecule has 19 heavy (non-hydrogen) atoms. The summed E-state index contributed by atoms with van der Waals surface area (Å²) in [6.07, 6.45) is 2.47. The quantitative estimate of drug-likeness (QED) is 0.330. The minimum atomic E-state index is 0.243. The van der Waals surface area contributed by atoms with Gasteiger partial charge >= 0.3 is 0 Å². The third-order valence-electron chi connectivity index (χ3n) is 2.55. The lowest BCUT2D eigenvalue weighted by molar-refractivity contribution is 0.317. The maximum absolute atomic E-state index is 8.59. The lowest BCUT2D eigenvalue weighted by Crippen LogP contribution is -2.31. The summed E-state index contributed by atoms with van der Waals surface area (Å²) in [7, 11) is 0. The third-order valence-corrected chi connectivity index (χ3v) is 3.37. The molecule has 1 rings (SSSR count). The van der Waals surface area contributed by atoms with Gasteiger partial charge in [0.1, 0.15) is 11.7 Å². The molecule has 1 aromatic heterocycles. The van der Waals surface area contributed by atoms with Crippen LogP contribution in [-0.4, -0.2) is 33.5 Å². The fourth-order valence-corrected chi connectivity index (χ4v) is 2.45. The zero-order valence-electron chi connectivity index (χ0n) is 11.8. The number of hydrogen-bond acceptors (Lipinski definition) is 6. The Morgan fingerprint density at radius 2 is 2.26 bits per heavy atom. The molecule has 1 heterocycles. The molecule has 0 amide bonds. The summed E-state index contributed by atoms with van der Waals surface area (Å²) < 4.78 is 4.36. The monoisotopic (exact) mass is 285 g/mol. The Hall–Kier alpha value is -1.37. The smallest absolute Gasteiger partial charge is 0.205 e. The fraction of sp³-hybridized carbons (Fsp3) is 0.750. The molecule has 0 radical (unpaired) electrons. The third kappa shape index (κ3) is 5.42. The zero-order chi connectivity index (χ0) is 14.3. The molecule has 3 N–H and O–H groups in total. The molecule has 0 bridgehead atoms. The summed E-state index contributed by atoms with van der Waals surface area (Å²) in [6.45, 7) is 8.01. The number of aryl methyl sites for hydroxylation is 1. The minimum Gasteiger partial charge on any atom is -0.409 e. The molecule has 0 aliphatic heterocycles. The lowest BCUT2D eigenvalue weighted by atomic mass is 10.2. The average molecular weight is 285 g/mol. The van der Waals surface area contributed by atoms with Crippen molar-refractivity contribution in [3.63, 3.8) is 0 Å². The van der Waals surface area contributed by atoms with E-state index in [0.29, 0.717) is 18.9 Å². The summed E-state index contributed by atoms with van der Waals surface area (Å²) >= 11 is 1.42. The molecule has 0 aliphatic carbocycles. The lowest BCUT2D eigenvalue weighted by Gasteiger charge is -2.23. The number of oxime groups is 1. The Bertz CT molecular complexity index is 405. The molecule has 0 aliphatic rings. The van der Waals surface area contributed by atoms with Crippen molar-refractivity contribution in [1.29, 1.82) is 0 Å². The second-order valence-corrected chi connectivity index (χ2v) is 5.65. The Morgan fingerprint density at radius 1 is 1.53 bits per heavy atom. The van der Waals surface area contributed by atoms with Gasteiger partial charge in [-0.15, -0.1) is 0 Å². The number of rotatable bonds is 8. The van der Waals surface area contributed by atoms with E-state index in [9.17, 15) is 0 Å². The van der Waals surface area contributed by atoms with Crippen LogP contribution in [0.5, 0.6) is 0 Å². The van der Waals surface area contributed by atoms with Gasteiger partial charge in [-0.2, -0.15) is 4.37 Å². The van der Waals surface area contributed by atoms with E-state index in [0.717, 1.165) is 30.3 Å². The summed E-state index contributed by atoms with van der Waals surface area (Å²) in [5.74, 6) is 1.66. The second kappa shape index (κ2) is 7.93. The second-order valence-electron chi connectivity index (χ2n) is 4.92. The fourth-order valence-electron chi connectivity index (χ4n) is 1.70. The van der Waals surface area contributed by atoms with Crippen LogP contribution in [0.15, 0.2) is 5.16 Å². The number of nitrogens with two attached hydrogens (primary N) is 1. The summed E-state index contributed by atoms with van der Waals surface area (Å²) in [5.41, 5.74) is 5.52. The van der Waals surface area contributed by atoms with Gasteiger partial charge < -0.3 is 15.8 Å². The van der Waals surface area contributed by atoms with Gasteiger partial charge in [0, 0.05) is 37.5 Å². The van der Waals surface area contributed by atoms with Crippen LogP contribution >= 0.6 is 11.5 Å². The highest BCUT2D eigenvalue weighted by Crippen LogP contribution is 2.19. The predicted octanol–water partition coefficient (Wildman–Crippen LogP) is 2.09. The maximum Gasteiger partial charge on any atom is 0.205 e. The zero-order valence-corrected chi connectivity index (χ0v) is 12.7. The molecule has 0 spiro atoms. The van der Waals surface area contributed by atoms with Crippen molar-refractivity contribution < 1.29 is 5.21 Å². The van der Waals surface area contributed by atoms with Crippen molar-refractivity contribution in [3.8, 4) is 0 Å². The first kappa shape index (κ1) is 15.7. The van der Waals surface area contributed by atoms with E-state index < -0.39 is 0 Å². The minimum absolute atomic E-state index is 0.243. The molecular weight excluding hydrogens is 262 g/mol. The molecule has 0 aromatic carbocycles. The SMILES string of the molecule is CCCc1nsc(N(CCC(N)=NO)CC(C)C)n1. The highest BCUT2D eigenvalue weighted by Gasteiger charge is 2.14. The van der Waals surface area contributed by atoms with Crippen molar-refractivity contribution in [1.82, 2.24) is 9.36 Å². The topological polar surface area (TPSA) is 87.6 Å². The molecule has 0 unspecified atom stereocenters. The first-order valence-corrected chi connectivity index (χ1v) is 7.38. The van der Waals surface area contributed by atoms with Gasteiger partial charge in [0.25, 0.3) is 0 Å². The standard InChI is InChI=1S/C12H23N5OS/c1-4-5-11-14-12(19-16-11)17(8-9(2)3)7-6-10(13)15-18/h9,18H,4-8H2,1-3H3,(H2,13,15).